The second-order valence-corrected chi connectivity index (χ2v) is 7.23. The van der Waals surface area contributed by atoms with Crippen LogP contribution in [0.15, 0.2) is 60.7 Å². The van der Waals surface area contributed by atoms with Gasteiger partial charge in [0.2, 0.25) is 0 Å². The van der Waals surface area contributed by atoms with Gasteiger partial charge in [-0.15, -0.1) is 0 Å². The Morgan fingerprint density at radius 3 is 2.47 bits per heavy atom. The highest BCUT2D eigenvalue weighted by Gasteiger charge is 2.35. The molecule has 0 bridgehead atoms. The molecule has 1 atom stereocenters. The molecule has 6 nitrogen and oxygen atoms in total. The molecule has 10 heteroatoms. The van der Waals surface area contributed by atoms with E-state index in [-0.39, 0.29) is 29.0 Å². The molecule has 4 aromatic rings. The maximum atomic E-state index is 13.9. The van der Waals surface area contributed by atoms with Gasteiger partial charge in [0.15, 0.2) is 5.65 Å². The molecule has 0 aliphatic rings. The predicted molar refractivity (Wildman–Crippen MR) is 106 cm³/mol. The topological polar surface area (TPSA) is 93.7 Å². The number of hydrogen-bond donors (Lipinski definition) is 2. The van der Waals surface area contributed by atoms with Crippen molar-refractivity contribution >= 4 is 22.3 Å². The standard InChI is InChI=1S/C20H15F3N4O2S/c21-20(22,23)15-10-16(14-8-4-5-12(9-14)11-24-30(28)29)25-19-17(15)18(26-27-19)13-6-2-1-3-7-13/h1-10,24H,11H2,(H,28,29)(H,25,26,27)/p-1. The normalized spacial score (nSPS) is 12.9. The summed E-state index contributed by atoms with van der Waals surface area (Å²) in [5.41, 5.74) is 1.00. The van der Waals surface area contributed by atoms with E-state index >= 15 is 0 Å². The number of pyridine rings is 1. The summed E-state index contributed by atoms with van der Waals surface area (Å²) in [6.07, 6.45) is -4.62. The molecule has 154 valence electrons. The molecular formula is C20H14F3N4O2S-. The molecule has 0 saturated carbocycles. The summed E-state index contributed by atoms with van der Waals surface area (Å²) < 4.78 is 65.4. The van der Waals surface area contributed by atoms with Crippen molar-refractivity contribution in [1.82, 2.24) is 19.9 Å². The third kappa shape index (κ3) is 4.11. The lowest BCUT2D eigenvalue weighted by Crippen LogP contribution is -2.15. The van der Waals surface area contributed by atoms with Crippen LogP contribution in [0.1, 0.15) is 11.1 Å². The Balaban J connectivity index is 1.86. The predicted octanol–water partition coefficient (Wildman–Crippen LogP) is 4.19. The minimum Gasteiger partial charge on any atom is -0.760 e. The van der Waals surface area contributed by atoms with E-state index in [0.717, 1.165) is 6.07 Å². The van der Waals surface area contributed by atoms with Crippen molar-refractivity contribution in [2.24, 2.45) is 0 Å². The Kier molecular flexibility index (Phi) is 5.37. The summed E-state index contributed by atoms with van der Waals surface area (Å²) in [6, 6.07) is 16.1. The summed E-state index contributed by atoms with van der Waals surface area (Å²) in [7, 11) is 0. The number of aromatic nitrogens is 3. The number of nitrogens with zero attached hydrogens (tertiary/aromatic N) is 2. The van der Waals surface area contributed by atoms with Gasteiger partial charge in [0, 0.05) is 28.9 Å². The number of halogens is 3. The fourth-order valence-electron chi connectivity index (χ4n) is 3.19. The molecule has 0 fully saturated rings. The maximum Gasteiger partial charge on any atom is 0.417 e. The van der Waals surface area contributed by atoms with E-state index in [0.29, 0.717) is 16.7 Å². The summed E-state index contributed by atoms with van der Waals surface area (Å²) in [4.78, 5) is 4.32. The Bertz CT molecular complexity index is 1230. The summed E-state index contributed by atoms with van der Waals surface area (Å²) >= 11 is -2.45. The second kappa shape index (κ2) is 7.98. The molecule has 0 amide bonds. The van der Waals surface area contributed by atoms with Crippen LogP contribution >= 0.6 is 0 Å². The minimum atomic E-state index is -4.62. The van der Waals surface area contributed by atoms with Crippen molar-refractivity contribution in [1.29, 1.82) is 0 Å². The van der Waals surface area contributed by atoms with E-state index in [1.165, 1.54) is 0 Å². The zero-order valence-electron chi connectivity index (χ0n) is 15.2. The molecule has 0 radical (unpaired) electrons. The summed E-state index contributed by atoms with van der Waals surface area (Å²) in [5.74, 6) is 0. The molecule has 0 spiro atoms. The number of rotatable bonds is 5. The van der Waals surface area contributed by atoms with Crippen molar-refractivity contribution < 1.29 is 21.9 Å². The quantitative estimate of drug-likeness (QED) is 0.463. The molecule has 2 aromatic heterocycles. The van der Waals surface area contributed by atoms with Gasteiger partial charge in [0.1, 0.15) is 0 Å². The van der Waals surface area contributed by atoms with Gasteiger partial charge in [-0.1, -0.05) is 48.5 Å². The van der Waals surface area contributed by atoms with Crippen LogP contribution in [0.2, 0.25) is 0 Å². The Morgan fingerprint density at radius 2 is 1.77 bits per heavy atom. The van der Waals surface area contributed by atoms with Crippen molar-refractivity contribution in [3.05, 3.63) is 71.8 Å². The Morgan fingerprint density at radius 1 is 1.03 bits per heavy atom. The van der Waals surface area contributed by atoms with Gasteiger partial charge >= 0.3 is 6.18 Å². The van der Waals surface area contributed by atoms with Crippen molar-refractivity contribution in [2.75, 3.05) is 0 Å². The Hall–Kier alpha value is -3.08. The first kappa shape index (κ1) is 20.2. The zero-order chi connectivity index (χ0) is 21.3. The van der Waals surface area contributed by atoms with E-state index < -0.39 is 23.0 Å². The number of hydrogen-bond acceptors (Lipinski definition) is 4. The number of aromatic amines is 1. The van der Waals surface area contributed by atoms with Crippen LogP contribution in [0.4, 0.5) is 13.2 Å². The van der Waals surface area contributed by atoms with E-state index in [1.807, 2.05) is 0 Å². The molecule has 0 aliphatic heterocycles. The van der Waals surface area contributed by atoms with E-state index in [2.05, 4.69) is 19.9 Å². The molecule has 0 saturated heterocycles. The number of H-pyrrole nitrogens is 1. The average Bonchev–Trinajstić information content (AvgIpc) is 3.15. The first-order valence-electron chi connectivity index (χ1n) is 8.77. The molecule has 30 heavy (non-hydrogen) atoms. The van der Waals surface area contributed by atoms with Crippen LogP contribution in [0.3, 0.4) is 0 Å². The largest absolute Gasteiger partial charge is 0.760 e. The molecular weight excluding hydrogens is 417 g/mol. The third-order valence-electron chi connectivity index (χ3n) is 4.51. The lowest BCUT2D eigenvalue weighted by molar-refractivity contribution is -0.136. The van der Waals surface area contributed by atoms with Gasteiger partial charge in [0.25, 0.3) is 0 Å². The van der Waals surface area contributed by atoms with Gasteiger partial charge in [-0.2, -0.15) is 18.3 Å². The van der Waals surface area contributed by atoms with E-state index in [1.54, 1.807) is 54.6 Å². The van der Waals surface area contributed by atoms with Crippen molar-refractivity contribution in [3.63, 3.8) is 0 Å². The lowest BCUT2D eigenvalue weighted by atomic mass is 10.0. The highest BCUT2D eigenvalue weighted by Crippen LogP contribution is 2.40. The molecule has 2 heterocycles. The highest BCUT2D eigenvalue weighted by atomic mass is 32.2. The van der Waals surface area contributed by atoms with Gasteiger partial charge in [-0.3, -0.25) is 9.31 Å². The smallest absolute Gasteiger partial charge is 0.417 e. The lowest BCUT2D eigenvalue weighted by Gasteiger charge is -2.12. The average molecular weight is 431 g/mol. The fraction of sp³-hybridized carbons (Fsp3) is 0.100. The van der Waals surface area contributed by atoms with Gasteiger partial charge in [-0.05, 0) is 17.7 Å². The number of fused-ring (bicyclic) bond motifs is 1. The van der Waals surface area contributed by atoms with Crippen molar-refractivity contribution in [2.45, 2.75) is 12.7 Å². The second-order valence-electron chi connectivity index (χ2n) is 6.47. The molecule has 1 unspecified atom stereocenters. The van der Waals surface area contributed by atoms with Crippen molar-refractivity contribution in [3.8, 4) is 22.5 Å². The third-order valence-corrected chi connectivity index (χ3v) is 4.89. The van der Waals surface area contributed by atoms with Gasteiger partial charge in [0.05, 0.1) is 22.3 Å². The molecule has 2 N–H and O–H groups in total. The van der Waals surface area contributed by atoms with Crippen LogP contribution < -0.4 is 4.72 Å². The zero-order valence-corrected chi connectivity index (χ0v) is 16.1. The van der Waals surface area contributed by atoms with Crippen LogP contribution in [-0.4, -0.2) is 23.9 Å². The highest BCUT2D eigenvalue weighted by molar-refractivity contribution is 7.77. The van der Waals surface area contributed by atoms with Crippen LogP contribution in [0, 0.1) is 0 Å². The van der Waals surface area contributed by atoms with Crippen LogP contribution in [0.25, 0.3) is 33.5 Å². The minimum absolute atomic E-state index is 0.0128. The molecule has 2 aromatic carbocycles. The van der Waals surface area contributed by atoms with Gasteiger partial charge < -0.3 is 4.55 Å². The number of benzene rings is 2. The number of alkyl halides is 3. The monoisotopic (exact) mass is 431 g/mol. The number of nitrogens with one attached hydrogen (secondary N) is 2. The molecule has 4 rings (SSSR count). The first-order chi connectivity index (χ1) is 14.3. The van der Waals surface area contributed by atoms with E-state index in [9.17, 15) is 21.9 Å². The summed E-state index contributed by atoms with van der Waals surface area (Å²) in [5, 5.41) is 6.58. The first-order valence-corrected chi connectivity index (χ1v) is 9.84. The van der Waals surface area contributed by atoms with Crippen LogP contribution in [-0.2, 0) is 24.0 Å². The SMILES string of the molecule is O=S([O-])NCc1cccc(-c2cc(C(F)(F)F)c3c(-c4ccccc4)[nH]nc3n2)c1. The molecule has 0 aliphatic carbocycles. The fourth-order valence-corrected chi connectivity index (χ4v) is 3.48. The summed E-state index contributed by atoms with van der Waals surface area (Å²) in [6.45, 7) is 0.0128. The van der Waals surface area contributed by atoms with E-state index in [4.69, 9.17) is 0 Å². The van der Waals surface area contributed by atoms with Crippen LogP contribution in [0.5, 0.6) is 0 Å². The Labute approximate surface area is 171 Å². The van der Waals surface area contributed by atoms with Gasteiger partial charge in [-0.25, -0.2) is 9.71 Å². The maximum absolute atomic E-state index is 13.9.